The third-order valence-electron chi connectivity index (χ3n) is 4.52. The molecular weight excluding hydrogens is 254 g/mol. The highest BCUT2D eigenvalue weighted by atomic mass is 16.4. The van der Waals surface area contributed by atoms with E-state index in [-0.39, 0.29) is 5.69 Å². The van der Waals surface area contributed by atoms with Crippen LogP contribution in [0.25, 0.3) is 5.65 Å². The van der Waals surface area contributed by atoms with Crippen LogP contribution in [0.5, 0.6) is 0 Å². The zero-order valence-electron chi connectivity index (χ0n) is 11.7. The number of aromatic nitrogens is 2. The molecule has 0 amide bonds. The van der Waals surface area contributed by atoms with Crippen LogP contribution in [0.1, 0.15) is 37.2 Å². The number of fused-ring (bicyclic) bond motifs is 1. The third-order valence-corrected chi connectivity index (χ3v) is 4.52. The number of nitrogens with one attached hydrogen (secondary N) is 1. The highest BCUT2D eigenvalue weighted by Crippen LogP contribution is 2.33. The van der Waals surface area contributed by atoms with E-state index < -0.39 is 5.97 Å². The van der Waals surface area contributed by atoms with Crippen LogP contribution in [0.15, 0.2) is 24.4 Å². The van der Waals surface area contributed by atoms with E-state index in [1.807, 2.05) is 18.2 Å². The first kappa shape index (κ1) is 13.0. The number of aromatic carboxylic acids is 1. The molecule has 1 aliphatic carbocycles. The predicted octanol–water partition coefficient (Wildman–Crippen LogP) is 2.88. The molecule has 1 aliphatic rings. The number of pyridine rings is 1. The molecule has 1 fully saturated rings. The highest BCUT2D eigenvalue weighted by molar-refractivity contribution is 5.93. The molecule has 0 radical (unpaired) electrons. The van der Waals surface area contributed by atoms with Crippen LogP contribution in [0.3, 0.4) is 0 Å². The molecule has 0 bridgehead atoms. The lowest BCUT2D eigenvalue weighted by atomic mass is 9.98. The normalized spacial score (nSPS) is 26.0. The number of rotatable bonds is 3. The summed E-state index contributed by atoms with van der Waals surface area (Å²) in [6, 6.07) is 5.79. The number of carboxylic acid groups (broad SMARTS) is 1. The lowest BCUT2D eigenvalue weighted by Crippen LogP contribution is -2.25. The van der Waals surface area contributed by atoms with Gasteiger partial charge in [-0.25, -0.2) is 9.78 Å². The Morgan fingerprint density at radius 3 is 2.85 bits per heavy atom. The topological polar surface area (TPSA) is 66.6 Å². The van der Waals surface area contributed by atoms with E-state index in [4.69, 9.17) is 0 Å². The van der Waals surface area contributed by atoms with Gasteiger partial charge in [0.15, 0.2) is 11.5 Å². The fourth-order valence-electron chi connectivity index (χ4n) is 3.04. The van der Waals surface area contributed by atoms with Gasteiger partial charge in [0, 0.05) is 12.2 Å². The first-order chi connectivity index (χ1) is 9.58. The van der Waals surface area contributed by atoms with Crippen molar-refractivity contribution in [3.63, 3.8) is 0 Å². The second kappa shape index (κ2) is 4.81. The van der Waals surface area contributed by atoms with Gasteiger partial charge in [-0.3, -0.25) is 4.40 Å². The average Bonchev–Trinajstić information content (AvgIpc) is 2.93. The quantitative estimate of drug-likeness (QED) is 0.902. The summed E-state index contributed by atoms with van der Waals surface area (Å²) >= 11 is 0. The maximum absolute atomic E-state index is 11.5. The van der Waals surface area contributed by atoms with Crippen molar-refractivity contribution in [3.8, 4) is 0 Å². The van der Waals surface area contributed by atoms with Gasteiger partial charge >= 0.3 is 5.97 Å². The number of hydrogen-bond acceptors (Lipinski definition) is 3. The minimum Gasteiger partial charge on any atom is -0.476 e. The van der Waals surface area contributed by atoms with E-state index in [2.05, 4.69) is 24.1 Å². The molecule has 0 aromatic carbocycles. The summed E-state index contributed by atoms with van der Waals surface area (Å²) in [6.07, 6.45) is 3.97. The van der Waals surface area contributed by atoms with E-state index in [9.17, 15) is 9.90 Å². The molecule has 20 heavy (non-hydrogen) atoms. The molecule has 2 aromatic rings. The molecule has 0 saturated heterocycles. The highest BCUT2D eigenvalue weighted by Gasteiger charge is 2.31. The van der Waals surface area contributed by atoms with Crippen LogP contribution in [0.2, 0.25) is 0 Å². The maximum atomic E-state index is 11.5. The number of hydrogen-bond donors (Lipinski definition) is 2. The lowest BCUT2D eigenvalue weighted by molar-refractivity contribution is 0.0690. The summed E-state index contributed by atoms with van der Waals surface area (Å²) in [5.41, 5.74) is 0.874. The van der Waals surface area contributed by atoms with Gasteiger partial charge < -0.3 is 10.4 Å². The molecule has 3 atom stereocenters. The Balaban J connectivity index is 1.99. The fourth-order valence-corrected chi connectivity index (χ4v) is 3.04. The van der Waals surface area contributed by atoms with E-state index >= 15 is 0 Å². The Morgan fingerprint density at radius 2 is 2.20 bits per heavy atom. The zero-order valence-corrected chi connectivity index (χ0v) is 11.7. The van der Waals surface area contributed by atoms with Crippen LogP contribution in [0, 0.1) is 11.8 Å². The molecule has 5 nitrogen and oxygen atoms in total. The van der Waals surface area contributed by atoms with E-state index in [0.717, 1.165) is 6.42 Å². The largest absolute Gasteiger partial charge is 0.476 e. The van der Waals surface area contributed by atoms with Gasteiger partial charge in [-0.1, -0.05) is 19.9 Å². The van der Waals surface area contributed by atoms with Crippen molar-refractivity contribution >= 4 is 17.4 Å². The number of nitrogens with zero attached hydrogens (tertiary/aromatic N) is 2. The summed E-state index contributed by atoms with van der Waals surface area (Å²) < 4.78 is 1.62. The predicted molar refractivity (Wildman–Crippen MR) is 77.1 cm³/mol. The molecule has 2 aromatic heterocycles. The zero-order chi connectivity index (χ0) is 14.3. The monoisotopic (exact) mass is 273 g/mol. The molecule has 0 aliphatic heterocycles. The molecule has 3 unspecified atom stereocenters. The Morgan fingerprint density at radius 1 is 1.40 bits per heavy atom. The standard InChI is InChI=1S/C15H19N3O2/c1-9-6-7-11(10(9)2)16-14-13(15(19)20)18-8-4-3-5-12(18)17-14/h3-5,8-11,16H,6-7H2,1-2H3,(H,19,20). The van der Waals surface area contributed by atoms with Crippen molar-refractivity contribution < 1.29 is 9.90 Å². The molecule has 2 N–H and O–H groups in total. The van der Waals surface area contributed by atoms with Crippen molar-refractivity contribution in [1.82, 2.24) is 9.38 Å². The summed E-state index contributed by atoms with van der Waals surface area (Å²) in [4.78, 5) is 15.9. The second-order valence-electron chi connectivity index (χ2n) is 5.71. The molecule has 3 rings (SSSR count). The van der Waals surface area contributed by atoms with Crippen LogP contribution in [0.4, 0.5) is 5.82 Å². The number of imidazole rings is 1. The Bertz CT molecular complexity index is 650. The summed E-state index contributed by atoms with van der Waals surface area (Å²) in [7, 11) is 0. The minimum atomic E-state index is -0.954. The van der Waals surface area contributed by atoms with Gasteiger partial charge in [-0.15, -0.1) is 0 Å². The van der Waals surface area contributed by atoms with Crippen molar-refractivity contribution in [2.45, 2.75) is 32.7 Å². The Hall–Kier alpha value is -2.04. The summed E-state index contributed by atoms with van der Waals surface area (Å²) in [5, 5.41) is 12.8. The van der Waals surface area contributed by atoms with Gasteiger partial charge in [-0.05, 0) is 36.8 Å². The van der Waals surface area contributed by atoms with E-state index in [0.29, 0.717) is 29.3 Å². The first-order valence-corrected chi connectivity index (χ1v) is 7.05. The van der Waals surface area contributed by atoms with Gasteiger partial charge in [0.25, 0.3) is 0 Å². The number of carbonyl (C=O) groups is 1. The Labute approximate surface area is 117 Å². The molecule has 1 saturated carbocycles. The molecular formula is C15H19N3O2. The van der Waals surface area contributed by atoms with Crippen LogP contribution < -0.4 is 5.32 Å². The van der Waals surface area contributed by atoms with Crippen molar-refractivity contribution in [2.75, 3.05) is 5.32 Å². The average molecular weight is 273 g/mol. The maximum Gasteiger partial charge on any atom is 0.356 e. The van der Waals surface area contributed by atoms with Gasteiger partial charge in [0.2, 0.25) is 0 Å². The fraction of sp³-hybridized carbons (Fsp3) is 0.467. The molecule has 5 heteroatoms. The Kier molecular flexibility index (Phi) is 3.12. The van der Waals surface area contributed by atoms with Crippen molar-refractivity contribution in [1.29, 1.82) is 0 Å². The SMILES string of the molecule is CC1CCC(Nc2nc3ccccn3c2C(=O)O)C1C. The number of anilines is 1. The van der Waals surface area contributed by atoms with E-state index in [1.165, 1.54) is 6.42 Å². The smallest absolute Gasteiger partial charge is 0.356 e. The number of carboxylic acids is 1. The van der Waals surface area contributed by atoms with Crippen molar-refractivity contribution in [2.24, 2.45) is 11.8 Å². The van der Waals surface area contributed by atoms with Crippen LogP contribution in [-0.2, 0) is 0 Å². The van der Waals surface area contributed by atoms with Crippen LogP contribution in [-0.4, -0.2) is 26.5 Å². The minimum absolute atomic E-state index is 0.215. The van der Waals surface area contributed by atoms with Gasteiger partial charge in [0.1, 0.15) is 5.65 Å². The van der Waals surface area contributed by atoms with Gasteiger partial charge in [-0.2, -0.15) is 0 Å². The summed E-state index contributed by atoms with van der Waals surface area (Å²) in [6.45, 7) is 4.46. The molecule has 2 heterocycles. The van der Waals surface area contributed by atoms with Crippen molar-refractivity contribution in [3.05, 3.63) is 30.1 Å². The lowest BCUT2D eigenvalue weighted by Gasteiger charge is -2.19. The first-order valence-electron chi connectivity index (χ1n) is 7.05. The van der Waals surface area contributed by atoms with Gasteiger partial charge in [0.05, 0.1) is 0 Å². The van der Waals surface area contributed by atoms with E-state index in [1.54, 1.807) is 10.6 Å². The molecule has 106 valence electrons. The summed E-state index contributed by atoms with van der Waals surface area (Å²) in [5.74, 6) is 0.721. The van der Waals surface area contributed by atoms with Crippen LogP contribution >= 0.6 is 0 Å². The second-order valence-corrected chi connectivity index (χ2v) is 5.71. The molecule has 0 spiro atoms. The third kappa shape index (κ3) is 2.03.